The summed E-state index contributed by atoms with van der Waals surface area (Å²) in [4.78, 5) is 63.2. The Hall–Kier alpha value is -2.99. The number of hydrogen-bond acceptors (Lipinski definition) is 16. The molecule has 0 radical (unpaired) electrons. The van der Waals surface area contributed by atoms with Crippen LogP contribution >= 0.6 is 0 Å². The lowest BCUT2D eigenvalue weighted by atomic mass is 9.32. The van der Waals surface area contributed by atoms with Crippen molar-refractivity contribution in [1.82, 2.24) is 0 Å². The van der Waals surface area contributed by atoms with Gasteiger partial charge in [0.05, 0.1) is 30.8 Å². The zero-order valence-corrected chi connectivity index (χ0v) is 40.0. The quantitative estimate of drug-likeness (QED) is 0.0854. The highest BCUT2D eigenvalue weighted by Gasteiger charge is 2.73. The van der Waals surface area contributed by atoms with Crippen molar-refractivity contribution in [1.29, 1.82) is 0 Å². The monoisotopic (exact) mass is 918 g/mol. The Balaban J connectivity index is 1.18. The third-order valence-corrected chi connectivity index (χ3v) is 18.4. The Labute approximate surface area is 383 Å². The van der Waals surface area contributed by atoms with Crippen molar-refractivity contribution in [2.75, 3.05) is 13.2 Å². The van der Waals surface area contributed by atoms with E-state index in [1.165, 1.54) is 20.8 Å². The van der Waals surface area contributed by atoms with E-state index in [9.17, 15) is 39.3 Å². The first-order valence-electron chi connectivity index (χ1n) is 23.8. The molecule has 65 heavy (non-hydrogen) atoms. The summed E-state index contributed by atoms with van der Waals surface area (Å²) in [6.07, 6.45) is -5.02. The lowest BCUT2D eigenvalue weighted by Gasteiger charge is -2.73. The lowest BCUT2D eigenvalue weighted by Crippen LogP contribution is -2.68. The molecule has 20 atom stereocenters. The zero-order valence-electron chi connectivity index (χ0n) is 40.0. The second-order valence-corrected chi connectivity index (χ2v) is 21.9. The molecule has 0 spiro atoms. The van der Waals surface area contributed by atoms with Crippen molar-refractivity contribution in [2.24, 2.45) is 56.7 Å². The molecule has 5 aliphatic carbocycles. The van der Waals surface area contributed by atoms with E-state index in [1.807, 2.05) is 0 Å². The fraction of sp³-hybridized carbons (Fsp3) is 0.857. The summed E-state index contributed by atoms with van der Waals surface area (Å²) >= 11 is 0. The average molecular weight is 919 g/mol. The number of ether oxygens (including phenoxy) is 8. The number of hydrogen-bond donors (Lipinski definition) is 3. The van der Waals surface area contributed by atoms with Gasteiger partial charge in [-0.15, -0.1) is 0 Å². The SMILES string of the molecule is C=C(C)[C@@H]1CC[C@]2(C(=O)OC(C)=O)CC[C@]3(C)C(CCC4[C@@]5(C)CC[C@H](O[C@@H]6OC[C@H](O)[C@H](O)[C@H]6O[C@@H]6O[C@@H](C)[C@H](O)[C@@H](OC(C)=O)[C@H]6OC(C)=O)[C@@](C)(COC(C)=O)C5CC[C@]43C)C12. The molecule has 7 aliphatic rings. The number of rotatable bonds is 10. The van der Waals surface area contributed by atoms with Gasteiger partial charge in [-0.2, -0.15) is 0 Å². The van der Waals surface area contributed by atoms with E-state index >= 15 is 0 Å². The Morgan fingerprint density at radius 2 is 1.35 bits per heavy atom. The molecular weight excluding hydrogens is 845 g/mol. The van der Waals surface area contributed by atoms with Crippen LogP contribution < -0.4 is 0 Å². The highest BCUT2D eigenvalue weighted by atomic mass is 16.8. The predicted molar refractivity (Wildman–Crippen MR) is 230 cm³/mol. The maximum Gasteiger partial charge on any atom is 0.320 e. The van der Waals surface area contributed by atoms with Gasteiger partial charge in [-0.25, -0.2) is 0 Å². The number of esters is 5. The molecule has 7 fully saturated rings. The van der Waals surface area contributed by atoms with Gasteiger partial charge >= 0.3 is 29.8 Å². The summed E-state index contributed by atoms with van der Waals surface area (Å²) in [6, 6.07) is 0. The average Bonchev–Trinajstić information content (AvgIpc) is 3.62. The van der Waals surface area contributed by atoms with Gasteiger partial charge in [-0.1, -0.05) is 39.8 Å². The molecule has 0 bridgehead atoms. The summed E-state index contributed by atoms with van der Waals surface area (Å²) in [5.41, 5.74) is -0.877. The summed E-state index contributed by atoms with van der Waals surface area (Å²) in [5.74, 6) is -2.20. The Kier molecular flexibility index (Phi) is 13.9. The highest BCUT2D eigenvalue weighted by Crippen LogP contribution is 2.78. The smallest absolute Gasteiger partial charge is 0.320 e. The fourth-order valence-corrected chi connectivity index (χ4v) is 15.3. The van der Waals surface area contributed by atoms with Gasteiger partial charge in [0.2, 0.25) is 0 Å². The van der Waals surface area contributed by atoms with Crippen molar-refractivity contribution >= 4 is 29.8 Å². The second-order valence-electron chi connectivity index (χ2n) is 21.9. The van der Waals surface area contributed by atoms with E-state index in [0.29, 0.717) is 19.3 Å². The maximum atomic E-state index is 14.0. The minimum Gasteiger partial charge on any atom is -0.465 e. The number of aliphatic hydroxyl groups is 3. The van der Waals surface area contributed by atoms with Gasteiger partial charge in [-0.05, 0) is 124 Å². The third-order valence-electron chi connectivity index (χ3n) is 18.4. The largest absolute Gasteiger partial charge is 0.465 e. The number of allylic oxidation sites excluding steroid dienone is 1. The number of carbonyl (C=O) groups excluding carboxylic acids is 5. The molecule has 16 heteroatoms. The first-order chi connectivity index (χ1) is 30.3. The van der Waals surface area contributed by atoms with Crippen LogP contribution in [0.4, 0.5) is 0 Å². The van der Waals surface area contributed by atoms with E-state index in [2.05, 4.69) is 41.2 Å². The minimum absolute atomic E-state index is 0.00882. The van der Waals surface area contributed by atoms with Crippen LogP contribution in [0.3, 0.4) is 0 Å². The van der Waals surface area contributed by atoms with Crippen LogP contribution in [-0.4, -0.2) is 120 Å². The van der Waals surface area contributed by atoms with Crippen molar-refractivity contribution in [3.63, 3.8) is 0 Å². The van der Waals surface area contributed by atoms with Gasteiger partial charge < -0.3 is 53.2 Å². The first kappa shape index (κ1) is 49.9. The van der Waals surface area contributed by atoms with Crippen LogP contribution in [0.5, 0.6) is 0 Å². The topological polar surface area (TPSA) is 220 Å². The summed E-state index contributed by atoms with van der Waals surface area (Å²) in [5, 5.41) is 33.3. The molecular formula is C49H74O16. The molecule has 0 aromatic rings. The Morgan fingerprint density at radius 3 is 1.98 bits per heavy atom. The molecule has 0 amide bonds. The number of aliphatic hydroxyl groups excluding tert-OH is 3. The van der Waals surface area contributed by atoms with Gasteiger partial charge in [0.25, 0.3) is 0 Å². The van der Waals surface area contributed by atoms with Crippen LogP contribution in [0.15, 0.2) is 12.2 Å². The van der Waals surface area contributed by atoms with E-state index in [4.69, 9.17) is 37.9 Å². The third kappa shape index (κ3) is 8.40. The van der Waals surface area contributed by atoms with E-state index in [1.54, 1.807) is 0 Å². The van der Waals surface area contributed by atoms with E-state index in [-0.39, 0.29) is 65.0 Å². The van der Waals surface area contributed by atoms with E-state index in [0.717, 1.165) is 64.4 Å². The Morgan fingerprint density at radius 1 is 0.677 bits per heavy atom. The summed E-state index contributed by atoms with van der Waals surface area (Å²) in [7, 11) is 0. The fourth-order valence-electron chi connectivity index (χ4n) is 15.3. The van der Waals surface area contributed by atoms with Crippen LogP contribution in [-0.2, 0) is 61.9 Å². The molecule has 5 saturated carbocycles. The second kappa shape index (κ2) is 18.2. The number of carbonyl (C=O) groups is 5. The predicted octanol–water partition coefficient (Wildman–Crippen LogP) is 5.09. The molecule has 0 aromatic carbocycles. The van der Waals surface area contributed by atoms with Crippen molar-refractivity contribution in [3.05, 3.63) is 12.2 Å². The number of fused-ring (bicyclic) bond motifs is 7. The normalized spacial score (nSPS) is 48.0. The molecule has 2 aliphatic heterocycles. The van der Waals surface area contributed by atoms with E-state index < -0.39 is 96.1 Å². The molecule has 0 aromatic heterocycles. The van der Waals surface area contributed by atoms with Crippen molar-refractivity contribution in [2.45, 2.75) is 195 Å². The molecule has 2 saturated heterocycles. The summed E-state index contributed by atoms with van der Waals surface area (Å²) < 4.78 is 47.6. The minimum atomic E-state index is -1.56. The molecule has 3 N–H and O–H groups in total. The van der Waals surface area contributed by atoms with Crippen LogP contribution in [0.25, 0.3) is 0 Å². The summed E-state index contributed by atoms with van der Waals surface area (Å²) in [6.45, 7) is 22.2. The molecule has 16 nitrogen and oxygen atoms in total. The van der Waals surface area contributed by atoms with Crippen LogP contribution in [0.2, 0.25) is 0 Å². The van der Waals surface area contributed by atoms with Gasteiger partial charge in [0.15, 0.2) is 24.8 Å². The molecule has 4 unspecified atom stereocenters. The molecule has 366 valence electrons. The lowest BCUT2D eigenvalue weighted by molar-refractivity contribution is -0.366. The van der Waals surface area contributed by atoms with Gasteiger partial charge in [0, 0.05) is 33.1 Å². The standard InChI is InChI=1S/C49H74O16/c1-24(2)30-14-19-49(44(57)63-29(7)53)21-20-47(10)31(36(30)49)12-13-34-45(8)17-16-35(46(9,23-59-26(4)50)33(45)15-18-48(34,47)11)64-42-40(38(56)32(54)22-58-42)65-43-41(62-28(6)52)39(61-27(5)51)37(55)25(3)60-43/h25,30-43,54-56H,1,12-23H2,2-11H3/t25-,30-,31?,32-,33?,34?,35-,36?,37-,38-,39+,40+,41+,42-,43-,45-,46-,47+,48+,49-/m0/s1. The molecule has 7 rings (SSSR count). The maximum absolute atomic E-state index is 14.0. The first-order valence-corrected chi connectivity index (χ1v) is 23.8. The Bertz CT molecular complexity index is 1870. The van der Waals surface area contributed by atoms with Crippen LogP contribution in [0.1, 0.15) is 133 Å². The molecule has 2 heterocycles. The van der Waals surface area contributed by atoms with Crippen molar-refractivity contribution in [3.8, 4) is 0 Å². The van der Waals surface area contributed by atoms with Crippen molar-refractivity contribution < 1.29 is 77.2 Å². The van der Waals surface area contributed by atoms with Gasteiger partial charge in [0.1, 0.15) is 24.4 Å². The van der Waals surface area contributed by atoms with Gasteiger partial charge in [-0.3, -0.25) is 24.0 Å². The highest BCUT2D eigenvalue weighted by molar-refractivity contribution is 5.88. The van der Waals surface area contributed by atoms with Crippen LogP contribution in [0, 0.1) is 56.7 Å². The zero-order chi connectivity index (χ0) is 47.8.